The van der Waals surface area contributed by atoms with Gasteiger partial charge in [0.05, 0.1) is 0 Å². The second kappa shape index (κ2) is 5.30. The Labute approximate surface area is 106 Å². The van der Waals surface area contributed by atoms with E-state index in [0.29, 0.717) is 11.7 Å². The van der Waals surface area contributed by atoms with E-state index in [-0.39, 0.29) is 11.7 Å². The zero-order valence-corrected chi connectivity index (χ0v) is 10.5. The number of nitrogens with two attached hydrogens (primary N) is 2. The molecule has 0 saturated carbocycles. The van der Waals surface area contributed by atoms with Crippen LogP contribution in [0.5, 0.6) is 0 Å². The van der Waals surface area contributed by atoms with Crippen LogP contribution in [0.15, 0.2) is 12.4 Å². The monoisotopic (exact) mass is 249 g/mol. The number of hydrogen-bond donors (Lipinski definition) is 2. The summed E-state index contributed by atoms with van der Waals surface area (Å²) >= 11 is 0. The molecule has 1 saturated heterocycles. The molecule has 1 aliphatic heterocycles. The van der Waals surface area contributed by atoms with Crippen molar-refractivity contribution in [3.05, 3.63) is 18.1 Å². The van der Waals surface area contributed by atoms with Crippen LogP contribution in [0.4, 0.5) is 5.82 Å². The van der Waals surface area contributed by atoms with Gasteiger partial charge in [0.15, 0.2) is 11.5 Å². The van der Waals surface area contributed by atoms with Crippen molar-refractivity contribution in [3.8, 4) is 0 Å². The van der Waals surface area contributed by atoms with Gasteiger partial charge >= 0.3 is 0 Å². The first kappa shape index (κ1) is 12.8. The lowest BCUT2D eigenvalue weighted by atomic mass is 9.91. The number of amides is 1. The van der Waals surface area contributed by atoms with Crippen LogP contribution in [0, 0.1) is 5.92 Å². The van der Waals surface area contributed by atoms with Crippen LogP contribution in [0.2, 0.25) is 0 Å². The Morgan fingerprint density at radius 3 is 2.56 bits per heavy atom. The predicted octanol–water partition coefficient (Wildman–Crippen LogP) is 0.139. The zero-order chi connectivity index (χ0) is 13.1. The van der Waals surface area contributed by atoms with Gasteiger partial charge in [-0.3, -0.25) is 4.79 Å². The fraction of sp³-hybridized carbons (Fsp3) is 0.583. The minimum Gasteiger partial charge on any atom is -0.364 e. The average Bonchev–Trinajstić information content (AvgIpc) is 2.39. The summed E-state index contributed by atoms with van der Waals surface area (Å²) in [6.45, 7) is 3.72. The van der Waals surface area contributed by atoms with Gasteiger partial charge in [0.25, 0.3) is 5.91 Å². The van der Waals surface area contributed by atoms with E-state index >= 15 is 0 Å². The summed E-state index contributed by atoms with van der Waals surface area (Å²) < 4.78 is 0. The maximum absolute atomic E-state index is 11.3. The summed E-state index contributed by atoms with van der Waals surface area (Å²) in [5.41, 5.74) is 11.5. The van der Waals surface area contributed by atoms with Gasteiger partial charge in [0.2, 0.25) is 0 Å². The fourth-order valence-corrected chi connectivity index (χ4v) is 2.37. The third-order valence-electron chi connectivity index (χ3n) is 3.50. The maximum atomic E-state index is 11.3. The normalized spacial score (nSPS) is 18.7. The van der Waals surface area contributed by atoms with Crippen LogP contribution in [-0.4, -0.2) is 35.0 Å². The minimum absolute atomic E-state index is 0.213. The number of piperidine rings is 1. The molecule has 1 aromatic rings. The van der Waals surface area contributed by atoms with Crippen molar-refractivity contribution in [1.82, 2.24) is 9.97 Å². The average molecular weight is 249 g/mol. The molecule has 0 spiro atoms. The molecule has 18 heavy (non-hydrogen) atoms. The van der Waals surface area contributed by atoms with Gasteiger partial charge in [0.1, 0.15) is 0 Å². The lowest BCUT2D eigenvalue weighted by molar-refractivity contribution is 0.0995. The topological polar surface area (TPSA) is 98.1 Å². The van der Waals surface area contributed by atoms with Crippen molar-refractivity contribution >= 4 is 11.7 Å². The van der Waals surface area contributed by atoms with Gasteiger partial charge in [-0.05, 0) is 25.7 Å². The molecule has 1 fully saturated rings. The summed E-state index contributed by atoms with van der Waals surface area (Å²) in [5.74, 6) is 0.593. The number of carbonyl (C=O) groups excluding carboxylic acids is 1. The standard InChI is InChI=1S/C12H19N5O/c1-8(13)9-2-6-17(7-3-9)12-10(11(14)18)15-4-5-16-12/h4-5,8-9H,2-3,6-7,13H2,1H3,(H2,14,18). The van der Waals surface area contributed by atoms with Crippen LogP contribution in [0.25, 0.3) is 0 Å². The Morgan fingerprint density at radius 1 is 1.39 bits per heavy atom. The molecule has 1 unspecified atom stereocenters. The number of hydrogen-bond acceptors (Lipinski definition) is 5. The van der Waals surface area contributed by atoms with Crippen LogP contribution >= 0.6 is 0 Å². The van der Waals surface area contributed by atoms with Crippen molar-refractivity contribution in [3.63, 3.8) is 0 Å². The summed E-state index contributed by atoms with van der Waals surface area (Å²) in [6.07, 6.45) is 5.08. The van der Waals surface area contributed by atoms with Crippen molar-refractivity contribution in [2.24, 2.45) is 17.4 Å². The fourth-order valence-electron chi connectivity index (χ4n) is 2.37. The molecule has 0 radical (unpaired) electrons. The Bertz CT molecular complexity index is 426. The Hall–Kier alpha value is -1.69. The van der Waals surface area contributed by atoms with E-state index < -0.39 is 5.91 Å². The summed E-state index contributed by atoms with van der Waals surface area (Å²) in [6, 6.07) is 0.213. The molecular weight excluding hydrogens is 230 g/mol. The van der Waals surface area contributed by atoms with Crippen molar-refractivity contribution in [1.29, 1.82) is 0 Å². The third kappa shape index (κ3) is 2.59. The molecule has 6 heteroatoms. The van der Waals surface area contributed by atoms with Crippen LogP contribution in [-0.2, 0) is 0 Å². The first-order chi connectivity index (χ1) is 8.59. The molecule has 1 atom stereocenters. The molecule has 4 N–H and O–H groups in total. The molecule has 2 rings (SSSR count). The van der Waals surface area contributed by atoms with Crippen LogP contribution < -0.4 is 16.4 Å². The molecule has 2 heterocycles. The van der Waals surface area contributed by atoms with Crippen LogP contribution in [0.3, 0.4) is 0 Å². The molecule has 0 aromatic carbocycles. The van der Waals surface area contributed by atoms with Gasteiger partial charge in [0, 0.05) is 31.5 Å². The SMILES string of the molecule is CC(N)C1CCN(c2nccnc2C(N)=O)CC1. The number of aromatic nitrogens is 2. The molecule has 0 aliphatic carbocycles. The number of nitrogens with zero attached hydrogens (tertiary/aromatic N) is 3. The first-order valence-corrected chi connectivity index (χ1v) is 6.21. The quantitative estimate of drug-likeness (QED) is 0.794. The van der Waals surface area contributed by atoms with Gasteiger partial charge in [-0.2, -0.15) is 0 Å². The zero-order valence-electron chi connectivity index (χ0n) is 10.5. The highest BCUT2D eigenvalue weighted by Gasteiger charge is 2.25. The minimum atomic E-state index is -0.535. The molecule has 98 valence electrons. The van der Waals surface area contributed by atoms with E-state index in [9.17, 15) is 4.79 Å². The number of primary amides is 1. The lowest BCUT2D eigenvalue weighted by Gasteiger charge is -2.34. The van der Waals surface area contributed by atoms with E-state index in [4.69, 9.17) is 11.5 Å². The highest BCUT2D eigenvalue weighted by Crippen LogP contribution is 2.24. The first-order valence-electron chi connectivity index (χ1n) is 6.21. The van der Waals surface area contributed by atoms with E-state index in [0.717, 1.165) is 25.9 Å². The van der Waals surface area contributed by atoms with Crippen molar-refractivity contribution in [2.75, 3.05) is 18.0 Å². The Balaban J connectivity index is 2.12. The highest BCUT2D eigenvalue weighted by atomic mass is 16.1. The molecule has 1 amide bonds. The largest absolute Gasteiger partial charge is 0.364 e. The van der Waals surface area contributed by atoms with Gasteiger partial charge in [-0.15, -0.1) is 0 Å². The molecular formula is C12H19N5O. The number of carbonyl (C=O) groups is 1. The summed E-state index contributed by atoms with van der Waals surface area (Å²) in [7, 11) is 0. The van der Waals surface area contributed by atoms with Gasteiger partial charge < -0.3 is 16.4 Å². The number of anilines is 1. The highest BCUT2D eigenvalue weighted by molar-refractivity contribution is 5.95. The summed E-state index contributed by atoms with van der Waals surface area (Å²) in [4.78, 5) is 21.6. The van der Waals surface area contributed by atoms with E-state index in [1.165, 1.54) is 6.20 Å². The lowest BCUT2D eigenvalue weighted by Crippen LogP contribution is -2.41. The van der Waals surface area contributed by atoms with E-state index in [1.807, 2.05) is 6.92 Å². The van der Waals surface area contributed by atoms with Crippen molar-refractivity contribution < 1.29 is 4.79 Å². The van der Waals surface area contributed by atoms with Crippen LogP contribution in [0.1, 0.15) is 30.3 Å². The predicted molar refractivity (Wildman–Crippen MR) is 69.1 cm³/mol. The van der Waals surface area contributed by atoms with Crippen molar-refractivity contribution in [2.45, 2.75) is 25.8 Å². The Morgan fingerprint density at radius 2 is 2.00 bits per heavy atom. The number of rotatable bonds is 3. The van der Waals surface area contributed by atoms with E-state index in [2.05, 4.69) is 14.9 Å². The molecule has 1 aliphatic rings. The Kier molecular flexibility index (Phi) is 3.76. The molecule has 1 aromatic heterocycles. The molecule has 6 nitrogen and oxygen atoms in total. The van der Waals surface area contributed by atoms with E-state index in [1.54, 1.807) is 6.20 Å². The smallest absolute Gasteiger partial charge is 0.271 e. The third-order valence-corrected chi connectivity index (χ3v) is 3.50. The maximum Gasteiger partial charge on any atom is 0.271 e. The second-order valence-corrected chi connectivity index (χ2v) is 4.78. The summed E-state index contributed by atoms with van der Waals surface area (Å²) in [5, 5.41) is 0. The van der Waals surface area contributed by atoms with Gasteiger partial charge in [-0.25, -0.2) is 9.97 Å². The molecule has 0 bridgehead atoms. The second-order valence-electron chi connectivity index (χ2n) is 4.78. The van der Waals surface area contributed by atoms with Gasteiger partial charge in [-0.1, -0.05) is 0 Å².